The Hall–Kier alpha value is 0.274. The molecule has 146 valence electrons. The lowest BCUT2D eigenvalue weighted by Crippen LogP contribution is -2.44. The molecule has 0 amide bonds. The van der Waals surface area contributed by atoms with Crippen LogP contribution in [0.3, 0.4) is 0 Å². The molecule has 0 aromatic carbocycles. The zero-order chi connectivity index (χ0) is 19.1. The van der Waals surface area contributed by atoms with Crippen molar-refractivity contribution in [2.24, 2.45) is 5.41 Å². The van der Waals surface area contributed by atoms with Crippen molar-refractivity contribution in [2.45, 2.75) is 84.0 Å². The Bertz CT molecular complexity index is 339. The van der Waals surface area contributed by atoms with Crippen LogP contribution in [0.2, 0.25) is 44.8 Å². The van der Waals surface area contributed by atoms with Crippen LogP contribution in [0.1, 0.15) is 33.6 Å². The normalized spacial score (nSPS) is 14.2. The summed E-state index contributed by atoms with van der Waals surface area (Å²) < 4.78 is 12.3. The van der Waals surface area contributed by atoms with Crippen LogP contribution >= 0.6 is 0 Å². The maximum Gasteiger partial charge on any atom is 0.187 e. The molecule has 2 N–H and O–H groups in total. The van der Waals surface area contributed by atoms with E-state index in [0.717, 1.165) is 12.5 Å². The van der Waals surface area contributed by atoms with Gasteiger partial charge >= 0.3 is 0 Å². The highest BCUT2D eigenvalue weighted by molar-refractivity contribution is 6.76. The summed E-state index contributed by atoms with van der Waals surface area (Å²) in [4.78, 5) is 0. The summed E-state index contributed by atoms with van der Waals surface area (Å²) in [7, 11) is -2.86. The monoisotopic (exact) mass is 378 g/mol. The molecule has 0 aliphatic heterocycles. The Kier molecular flexibility index (Phi) is 9.94. The largest absolute Gasteiger partial charge is 0.413 e. The third-order valence-corrected chi connectivity index (χ3v) is 8.98. The Morgan fingerprint density at radius 2 is 1.50 bits per heavy atom. The van der Waals surface area contributed by atoms with Crippen LogP contribution in [0.4, 0.5) is 0 Å². The van der Waals surface area contributed by atoms with Gasteiger partial charge in [-0.15, -0.1) is 0 Å². The van der Waals surface area contributed by atoms with E-state index in [0.29, 0.717) is 19.6 Å². The maximum absolute atomic E-state index is 9.43. The highest BCUT2D eigenvalue weighted by atomic mass is 28.4. The Balaban J connectivity index is 4.26. The fourth-order valence-corrected chi connectivity index (χ4v) is 8.90. The second-order valence-corrected chi connectivity index (χ2v) is 19.4. The van der Waals surface area contributed by atoms with E-state index < -0.39 is 21.8 Å². The molecule has 4 nitrogen and oxygen atoms in total. The maximum atomic E-state index is 9.43. The molecule has 0 saturated carbocycles. The predicted octanol–water partition coefficient (Wildman–Crippen LogP) is 4.11. The summed E-state index contributed by atoms with van der Waals surface area (Å²) in [6, 6.07) is 2.25. The summed E-state index contributed by atoms with van der Waals surface area (Å²) >= 11 is 0. The van der Waals surface area contributed by atoms with Gasteiger partial charge in [-0.3, -0.25) is 0 Å². The number of aliphatic hydroxyl groups excluding tert-OH is 2. The van der Waals surface area contributed by atoms with Crippen LogP contribution in [0.5, 0.6) is 0 Å². The molecule has 6 heteroatoms. The highest BCUT2D eigenvalue weighted by Crippen LogP contribution is 2.29. The number of aliphatic hydroxyl groups is 2. The summed E-state index contributed by atoms with van der Waals surface area (Å²) in [5, 5.41) is 18.9. The van der Waals surface area contributed by atoms with Crippen molar-refractivity contribution < 1.29 is 19.4 Å². The minimum Gasteiger partial charge on any atom is -0.413 e. The molecule has 0 atom stereocenters. The number of ether oxygens (including phenoxy) is 1. The van der Waals surface area contributed by atoms with Crippen molar-refractivity contribution in [3.63, 3.8) is 0 Å². The summed E-state index contributed by atoms with van der Waals surface area (Å²) in [6.07, 6.45) is 1.69. The van der Waals surface area contributed by atoms with Crippen LogP contribution in [-0.2, 0) is 9.16 Å². The molecule has 0 radical (unpaired) electrons. The number of rotatable bonds is 13. The van der Waals surface area contributed by atoms with Crippen molar-refractivity contribution in [2.75, 3.05) is 26.4 Å². The van der Waals surface area contributed by atoms with E-state index in [4.69, 9.17) is 9.16 Å². The molecule has 0 rings (SSSR count). The van der Waals surface area contributed by atoms with Crippen LogP contribution < -0.4 is 0 Å². The molecule has 0 heterocycles. The van der Waals surface area contributed by atoms with Crippen LogP contribution in [0, 0.1) is 5.41 Å². The molecule has 0 aromatic heterocycles. The van der Waals surface area contributed by atoms with Gasteiger partial charge in [-0.25, -0.2) is 0 Å². The molecule has 24 heavy (non-hydrogen) atoms. The average molecular weight is 379 g/mol. The van der Waals surface area contributed by atoms with Gasteiger partial charge in [0.05, 0.1) is 19.8 Å². The topological polar surface area (TPSA) is 58.9 Å². The molecular formula is C18H42O4Si2. The molecule has 0 unspecified atom stereocenters. The van der Waals surface area contributed by atoms with E-state index >= 15 is 0 Å². The van der Waals surface area contributed by atoms with E-state index in [2.05, 4.69) is 46.6 Å². The third kappa shape index (κ3) is 10.3. The van der Waals surface area contributed by atoms with Gasteiger partial charge < -0.3 is 19.4 Å². The van der Waals surface area contributed by atoms with Crippen LogP contribution in [0.25, 0.3) is 0 Å². The standard InChI is InChI=1S/C18H42O4Si2/c1-9-18(13-19,14-20)15-21-11-10-12-24(7,8)22-17(2,3)16-23(4,5)6/h19-20H,9-16H2,1-8H3. The zero-order valence-electron chi connectivity index (χ0n) is 17.4. The van der Waals surface area contributed by atoms with E-state index in [1.54, 1.807) is 0 Å². The number of hydrogen-bond donors (Lipinski definition) is 2. The Labute approximate surface area is 152 Å². The molecule has 0 bridgehead atoms. The van der Waals surface area contributed by atoms with Crippen molar-refractivity contribution in [3.8, 4) is 0 Å². The smallest absolute Gasteiger partial charge is 0.187 e. The summed E-state index contributed by atoms with van der Waals surface area (Å²) in [5.41, 5.74) is -0.533. The average Bonchev–Trinajstić information content (AvgIpc) is 2.39. The third-order valence-electron chi connectivity index (χ3n) is 4.41. The van der Waals surface area contributed by atoms with Gasteiger partial charge in [0.25, 0.3) is 0 Å². The SMILES string of the molecule is CCC(CO)(CO)COCCC[Si](C)(C)OC(C)(C)C[Si](C)(C)C. The van der Waals surface area contributed by atoms with Gasteiger partial charge in [0.2, 0.25) is 0 Å². The summed E-state index contributed by atoms with van der Waals surface area (Å²) in [5.74, 6) is 0. The van der Waals surface area contributed by atoms with Crippen LogP contribution in [-0.4, -0.2) is 58.6 Å². The fourth-order valence-electron chi connectivity index (χ4n) is 3.47. The lowest BCUT2D eigenvalue weighted by atomic mass is 9.88. The molecule has 0 aliphatic carbocycles. The lowest BCUT2D eigenvalue weighted by Gasteiger charge is -2.38. The van der Waals surface area contributed by atoms with E-state index in [-0.39, 0.29) is 18.8 Å². The van der Waals surface area contributed by atoms with Crippen molar-refractivity contribution in [3.05, 3.63) is 0 Å². The second-order valence-electron chi connectivity index (χ2n) is 9.68. The minimum absolute atomic E-state index is 0.0335. The first-order valence-electron chi connectivity index (χ1n) is 9.30. The fraction of sp³-hybridized carbons (Fsp3) is 1.00. The first kappa shape index (κ1) is 24.3. The van der Waals surface area contributed by atoms with E-state index in [1.807, 2.05) is 6.92 Å². The van der Waals surface area contributed by atoms with Gasteiger partial charge in [-0.05, 0) is 51.9 Å². The summed E-state index contributed by atoms with van der Waals surface area (Å²) in [6.45, 7) is 19.2. The Morgan fingerprint density at radius 1 is 0.958 bits per heavy atom. The molecule has 0 aliphatic rings. The zero-order valence-corrected chi connectivity index (χ0v) is 19.4. The second kappa shape index (κ2) is 9.83. The van der Waals surface area contributed by atoms with Gasteiger partial charge in [-0.2, -0.15) is 0 Å². The first-order chi connectivity index (χ1) is 10.8. The van der Waals surface area contributed by atoms with Gasteiger partial charge in [0.15, 0.2) is 8.32 Å². The van der Waals surface area contributed by atoms with Gasteiger partial charge in [0.1, 0.15) is 0 Å². The van der Waals surface area contributed by atoms with Crippen LogP contribution in [0.15, 0.2) is 0 Å². The number of hydrogen-bond acceptors (Lipinski definition) is 4. The predicted molar refractivity (Wildman–Crippen MR) is 108 cm³/mol. The van der Waals surface area contributed by atoms with Gasteiger partial charge in [-0.1, -0.05) is 26.6 Å². The van der Waals surface area contributed by atoms with Crippen molar-refractivity contribution in [1.82, 2.24) is 0 Å². The molecule has 0 spiro atoms. The lowest BCUT2D eigenvalue weighted by molar-refractivity contribution is -0.0299. The first-order valence-corrected chi connectivity index (χ1v) is 16.1. The molecule has 0 fully saturated rings. The highest BCUT2D eigenvalue weighted by Gasteiger charge is 2.34. The minimum atomic E-state index is -1.72. The molecule has 0 aromatic rings. The van der Waals surface area contributed by atoms with Crippen molar-refractivity contribution >= 4 is 16.4 Å². The van der Waals surface area contributed by atoms with E-state index in [9.17, 15) is 10.2 Å². The Morgan fingerprint density at radius 3 is 1.92 bits per heavy atom. The van der Waals surface area contributed by atoms with E-state index in [1.165, 1.54) is 6.04 Å². The van der Waals surface area contributed by atoms with Gasteiger partial charge in [0, 0.05) is 25.7 Å². The quantitative estimate of drug-likeness (QED) is 0.374. The van der Waals surface area contributed by atoms with Crippen molar-refractivity contribution in [1.29, 1.82) is 0 Å². The molecule has 0 saturated heterocycles. The molecular weight excluding hydrogens is 336 g/mol.